The van der Waals surface area contributed by atoms with Gasteiger partial charge in [0.15, 0.2) is 5.76 Å². The van der Waals surface area contributed by atoms with Gasteiger partial charge in [0.25, 0.3) is 5.09 Å². The van der Waals surface area contributed by atoms with E-state index in [0.717, 1.165) is 11.8 Å². The zero-order valence-corrected chi connectivity index (χ0v) is 22.2. The summed E-state index contributed by atoms with van der Waals surface area (Å²) in [5.74, 6) is -0.670. The lowest BCUT2D eigenvalue weighted by Gasteiger charge is -2.41. The molecule has 210 valence electrons. The number of carbonyl (C=O) groups excluding carboxylic acids is 2. The van der Waals surface area contributed by atoms with Crippen molar-refractivity contribution >= 4 is 33.2 Å². The van der Waals surface area contributed by atoms with Crippen molar-refractivity contribution in [2.45, 2.75) is 37.3 Å². The average molecular weight is 571 g/mol. The molecule has 14 heteroatoms. The molecule has 2 aromatic heterocycles. The molecule has 0 aromatic carbocycles. The Kier molecular flexibility index (Phi) is 7.21. The third-order valence-electron chi connectivity index (χ3n) is 6.82. The van der Waals surface area contributed by atoms with E-state index in [1.807, 2.05) is 18.2 Å². The summed E-state index contributed by atoms with van der Waals surface area (Å²) in [5, 5.41) is -0.906. The topological polar surface area (TPSA) is 180 Å². The summed E-state index contributed by atoms with van der Waals surface area (Å²) in [6, 6.07) is 5.05. The van der Waals surface area contributed by atoms with Crippen molar-refractivity contribution < 1.29 is 41.5 Å². The molecule has 2 unspecified atom stereocenters. The summed E-state index contributed by atoms with van der Waals surface area (Å²) < 4.78 is 55.2. The highest BCUT2D eigenvalue weighted by molar-refractivity contribution is 7.89. The van der Waals surface area contributed by atoms with Crippen molar-refractivity contribution in [1.29, 1.82) is 0 Å². The average Bonchev–Trinajstić information content (AvgIpc) is 3.33. The summed E-state index contributed by atoms with van der Waals surface area (Å²) in [5.41, 5.74) is 6.41. The lowest BCUT2D eigenvalue weighted by Crippen LogP contribution is -2.54. The van der Waals surface area contributed by atoms with Crippen molar-refractivity contribution in [3.05, 3.63) is 77.1 Å². The summed E-state index contributed by atoms with van der Waals surface area (Å²) >= 11 is 0. The van der Waals surface area contributed by atoms with Gasteiger partial charge in [-0.3, -0.25) is 19.2 Å². The molecule has 4 heterocycles. The molecule has 13 nitrogen and oxygen atoms in total. The Morgan fingerprint density at radius 3 is 2.83 bits per heavy atom. The van der Waals surface area contributed by atoms with Crippen LogP contribution in [0.5, 0.6) is 5.88 Å². The maximum atomic E-state index is 13.6. The number of ether oxygens (including phenoxy) is 4. The molecule has 3 N–H and O–H groups in total. The van der Waals surface area contributed by atoms with E-state index in [1.165, 1.54) is 12.0 Å². The minimum absolute atomic E-state index is 0.0409. The lowest BCUT2D eigenvalue weighted by molar-refractivity contribution is -0.120. The molecule has 3 aliphatic rings. The molecule has 1 fully saturated rings. The number of hydrogen-bond donors (Lipinski definition) is 2. The van der Waals surface area contributed by atoms with Crippen molar-refractivity contribution in [3.63, 3.8) is 0 Å². The second kappa shape index (κ2) is 10.6. The summed E-state index contributed by atoms with van der Waals surface area (Å²) in [7, 11) is -3.36. The van der Waals surface area contributed by atoms with Crippen molar-refractivity contribution in [2.24, 2.45) is 5.73 Å². The molecule has 1 saturated heterocycles. The summed E-state index contributed by atoms with van der Waals surface area (Å²) in [6.07, 6.45) is 8.22. The smallest absolute Gasteiger partial charge is 0.411 e. The van der Waals surface area contributed by atoms with Crippen LogP contribution in [0.25, 0.3) is 11.0 Å². The van der Waals surface area contributed by atoms with E-state index >= 15 is 0 Å². The van der Waals surface area contributed by atoms with Crippen molar-refractivity contribution in [2.75, 3.05) is 13.7 Å². The third-order valence-corrected chi connectivity index (χ3v) is 7.51. The number of pyridine rings is 2. The molecule has 0 spiro atoms. The van der Waals surface area contributed by atoms with Crippen LogP contribution in [0.1, 0.15) is 37.4 Å². The van der Waals surface area contributed by atoms with Gasteiger partial charge in [0, 0.05) is 24.2 Å². The van der Waals surface area contributed by atoms with E-state index in [-0.39, 0.29) is 18.7 Å². The third kappa shape index (κ3) is 5.22. The Morgan fingerprint density at radius 2 is 2.12 bits per heavy atom. The number of nitrogens with two attached hydrogens (primary N) is 1. The molecule has 2 aromatic rings. The maximum Gasteiger partial charge on any atom is 0.411 e. The minimum atomic E-state index is -4.83. The molecule has 0 radical (unpaired) electrons. The maximum absolute atomic E-state index is 13.6. The Bertz CT molecular complexity index is 1600. The number of amides is 2. The van der Waals surface area contributed by atoms with Gasteiger partial charge >= 0.3 is 16.2 Å². The number of allylic oxidation sites excluding steroid dienone is 3. The standard InChI is InChI=1S/C26H26N4O9S/c1-36-22-8-7-18-24(29-22)17(9-10-28-18)19-13-30(25(32)38-19)26(12-21(27)31,11-16-5-3-2-4-6-16)20-14-37-15-23(39-20)40(33,34)35/h2-3,5,7-10,14-15,19H,4,6,11-13H2,1H3,(H2,27,31)(H,33,34,35). The highest BCUT2D eigenvalue weighted by atomic mass is 32.2. The van der Waals surface area contributed by atoms with Gasteiger partial charge in [-0.2, -0.15) is 8.42 Å². The largest absolute Gasteiger partial charge is 0.481 e. The second-order valence-electron chi connectivity index (χ2n) is 9.38. The molecule has 2 aliphatic heterocycles. The lowest BCUT2D eigenvalue weighted by atomic mass is 9.81. The van der Waals surface area contributed by atoms with Crippen LogP contribution in [-0.4, -0.2) is 59.0 Å². The number of cyclic esters (lactones) is 1. The minimum Gasteiger partial charge on any atom is -0.481 e. The zero-order valence-electron chi connectivity index (χ0n) is 21.3. The zero-order chi connectivity index (χ0) is 28.5. The van der Waals surface area contributed by atoms with Gasteiger partial charge < -0.3 is 24.7 Å². The Hall–Kier alpha value is -4.43. The van der Waals surface area contributed by atoms with Crippen LogP contribution in [0, 0.1) is 0 Å². The summed E-state index contributed by atoms with van der Waals surface area (Å²) in [4.78, 5) is 36.1. The highest BCUT2D eigenvalue weighted by Crippen LogP contribution is 2.44. The van der Waals surface area contributed by atoms with E-state index in [9.17, 15) is 22.6 Å². The fourth-order valence-electron chi connectivity index (χ4n) is 5.03. The molecule has 5 rings (SSSR count). The number of methoxy groups -OCH3 is 1. The highest BCUT2D eigenvalue weighted by Gasteiger charge is 2.53. The SMILES string of the molecule is COc1ccc2nccc(C3CN(C(CC(N)=O)(CC4=CC=CCC4)C4=COC=C(S(=O)(=O)O)O4)C(=O)O3)c2n1. The normalized spacial score (nSPS) is 20.4. The van der Waals surface area contributed by atoms with Crippen LogP contribution < -0.4 is 10.5 Å². The van der Waals surface area contributed by atoms with E-state index in [2.05, 4.69) is 9.97 Å². The molecular formula is C26H26N4O9S. The fourth-order valence-corrected chi connectivity index (χ4v) is 5.40. The predicted octanol–water partition coefficient (Wildman–Crippen LogP) is 2.99. The van der Waals surface area contributed by atoms with Gasteiger partial charge in [-0.15, -0.1) is 0 Å². The van der Waals surface area contributed by atoms with Gasteiger partial charge in [0.2, 0.25) is 11.8 Å². The predicted molar refractivity (Wildman–Crippen MR) is 140 cm³/mol. The number of rotatable bonds is 9. The van der Waals surface area contributed by atoms with Crippen LogP contribution in [0.15, 0.2) is 71.6 Å². The number of fused-ring (bicyclic) bond motifs is 1. The molecule has 2 amide bonds. The summed E-state index contributed by atoms with van der Waals surface area (Å²) in [6.45, 7) is -0.0845. The first-order chi connectivity index (χ1) is 19.1. The Balaban J connectivity index is 1.60. The first kappa shape index (κ1) is 27.1. The van der Waals surface area contributed by atoms with Gasteiger partial charge in [0.05, 0.1) is 31.1 Å². The van der Waals surface area contributed by atoms with Crippen LogP contribution in [0.4, 0.5) is 4.79 Å². The fraction of sp³-hybridized carbons (Fsp3) is 0.308. The molecular weight excluding hydrogens is 544 g/mol. The molecule has 1 aliphatic carbocycles. The molecule has 2 atom stereocenters. The Labute approximate surface area is 229 Å². The van der Waals surface area contributed by atoms with Crippen LogP contribution in [-0.2, 0) is 29.1 Å². The monoisotopic (exact) mass is 570 g/mol. The van der Waals surface area contributed by atoms with Gasteiger partial charge in [-0.25, -0.2) is 9.78 Å². The molecule has 0 bridgehead atoms. The second-order valence-corrected chi connectivity index (χ2v) is 10.7. The number of nitrogens with zero attached hydrogens (tertiary/aromatic N) is 3. The number of hydrogen-bond acceptors (Lipinski definition) is 10. The van der Waals surface area contributed by atoms with Crippen LogP contribution in [0.3, 0.4) is 0 Å². The number of carbonyl (C=O) groups is 2. The Morgan fingerprint density at radius 1 is 1.30 bits per heavy atom. The number of primary amides is 1. The van der Waals surface area contributed by atoms with Crippen molar-refractivity contribution in [1.82, 2.24) is 14.9 Å². The molecule has 0 saturated carbocycles. The van der Waals surface area contributed by atoms with E-state index in [1.54, 1.807) is 24.4 Å². The van der Waals surface area contributed by atoms with E-state index in [0.29, 0.717) is 41.6 Å². The van der Waals surface area contributed by atoms with Crippen LogP contribution >= 0.6 is 0 Å². The molecule has 40 heavy (non-hydrogen) atoms. The van der Waals surface area contributed by atoms with E-state index < -0.39 is 45.3 Å². The van der Waals surface area contributed by atoms with Gasteiger partial charge in [0.1, 0.15) is 24.2 Å². The first-order valence-electron chi connectivity index (χ1n) is 12.2. The van der Waals surface area contributed by atoms with Crippen molar-refractivity contribution in [3.8, 4) is 5.88 Å². The van der Waals surface area contributed by atoms with Gasteiger partial charge in [-0.05, 0) is 25.0 Å². The van der Waals surface area contributed by atoms with E-state index in [4.69, 9.17) is 24.7 Å². The first-order valence-corrected chi connectivity index (χ1v) is 13.7. The van der Waals surface area contributed by atoms with Crippen LogP contribution in [0.2, 0.25) is 0 Å². The number of aromatic nitrogens is 2. The quantitative estimate of drug-likeness (QED) is 0.423. The van der Waals surface area contributed by atoms with Gasteiger partial charge in [-0.1, -0.05) is 23.8 Å².